The summed E-state index contributed by atoms with van der Waals surface area (Å²) in [6, 6.07) is 8.40. The van der Waals surface area contributed by atoms with Crippen LogP contribution in [-0.2, 0) is 16.0 Å². The summed E-state index contributed by atoms with van der Waals surface area (Å²) in [7, 11) is 0. The van der Waals surface area contributed by atoms with Crippen LogP contribution in [0.5, 0.6) is 0 Å². The lowest BCUT2D eigenvalue weighted by molar-refractivity contribution is -0.145. The Balaban J connectivity index is 2.49. The standard InChI is InChI=1S/C27H43NO2/c1-6-8-10-12-18-28(19-13-11-9-7-2)20-21-30-27(29)24(5)26-16-14-25(15-17-26)22-23(3)4/h8-11,14-17,23-24H,6-7,12-13,18-22H2,1-5H3/t24-/m1/s1. The molecule has 0 aliphatic carbocycles. The molecule has 0 N–H and O–H groups in total. The Bertz CT molecular complexity index is 613. The Labute approximate surface area is 185 Å². The van der Waals surface area contributed by atoms with Crippen molar-refractivity contribution in [1.82, 2.24) is 4.90 Å². The van der Waals surface area contributed by atoms with Crippen LogP contribution in [0.15, 0.2) is 48.6 Å². The minimum atomic E-state index is -0.230. The maximum atomic E-state index is 12.5. The molecule has 0 saturated carbocycles. The minimum absolute atomic E-state index is 0.136. The fourth-order valence-corrected chi connectivity index (χ4v) is 3.37. The van der Waals surface area contributed by atoms with E-state index in [0.717, 1.165) is 57.3 Å². The summed E-state index contributed by atoms with van der Waals surface area (Å²) >= 11 is 0. The largest absolute Gasteiger partial charge is 0.464 e. The van der Waals surface area contributed by atoms with Crippen LogP contribution in [0.25, 0.3) is 0 Å². The van der Waals surface area contributed by atoms with Gasteiger partial charge in [-0.1, -0.05) is 76.3 Å². The van der Waals surface area contributed by atoms with E-state index in [1.54, 1.807) is 0 Å². The average Bonchev–Trinajstić information content (AvgIpc) is 2.73. The Morgan fingerprint density at radius 1 is 0.900 bits per heavy atom. The first-order chi connectivity index (χ1) is 14.5. The first kappa shape index (κ1) is 26.2. The number of hydrogen-bond donors (Lipinski definition) is 0. The Kier molecular flexibility index (Phi) is 13.9. The van der Waals surface area contributed by atoms with E-state index in [1.165, 1.54) is 5.56 Å². The van der Waals surface area contributed by atoms with Gasteiger partial charge >= 0.3 is 5.97 Å². The highest BCUT2D eigenvalue weighted by molar-refractivity contribution is 5.77. The molecule has 0 fully saturated rings. The number of hydrogen-bond acceptors (Lipinski definition) is 3. The van der Waals surface area contributed by atoms with Crippen molar-refractivity contribution in [2.24, 2.45) is 5.92 Å². The summed E-state index contributed by atoms with van der Waals surface area (Å²) in [6.07, 6.45) is 14.2. The number of carbonyl (C=O) groups is 1. The van der Waals surface area contributed by atoms with E-state index in [1.807, 2.05) is 6.92 Å². The first-order valence-corrected chi connectivity index (χ1v) is 11.8. The maximum Gasteiger partial charge on any atom is 0.313 e. The summed E-state index contributed by atoms with van der Waals surface area (Å²) in [5, 5.41) is 0. The smallest absolute Gasteiger partial charge is 0.313 e. The van der Waals surface area contributed by atoms with Crippen molar-refractivity contribution in [3.8, 4) is 0 Å². The number of ether oxygens (including phenoxy) is 1. The van der Waals surface area contributed by atoms with Crippen molar-refractivity contribution in [3.63, 3.8) is 0 Å². The van der Waals surface area contributed by atoms with Gasteiger partial charge in [0.05, 0.1) is 5.92 Å². The van der Waals surface area contributed by atoms with Gasteiger partial charge in [-0.05, 0) is 56.1 Å². The zero-order chi connectivity index (χ0) is 22.2. The summed E-state index contributed by atoms with van der Waals surface area (Å²) < 4.78 is 5.62. The van der Waals surface area contributed by atoms with Crippen LogP contribution in [0.1, 0.15) is 77.3 Å². The van der Waals surface area contributed by atoms with Crippen LogP contribution < -0.4 is 0 Å². The molecule has 1 atom stereocenters. The molecule has 0 bridgehead atoms. The quantitative estimate of drug-likeness (QED) is 0.241. The summed E-state index contributed by atoms with van der Waals surface area (Å²) in [5.74, 6) is 0.269. The van der Waals surface area contributed by atoms with Gasteiger partial charge < -0.3 is 4.74 Å². The van der Waals surface area contributed by atoms with Crippen molar-refractivity contribution in [2.75, 3.05) is 26.2 Å². The van der Waals surface area contributed by atoms with Gasteiger partial charge in [0.2, 0.25) is 0 Å². The van der Waals surface area contributed by atoms with E-state index >= 15 is 0 Å². The summed E-state index contributed by atoms with van der Waals surface area (Å²) in [5.41, 5.74) is 2.35. The number of benzene rings is 1. The Morgan fingerprint density at radius 2 is 1.47 bits per heavy atom. The van der Waals surface area contributed by atoms with Gasteiger partial charge in [-0.25, -0.2) is 0 Å². The van der Waals surface area contributed by atoms with Crippen molar-refractivity contribution in [2.45, 2.75) is 72.6 Å². The van der Waals surface area contributed by atoms with Crippen LogP contribution in [-0.4, -0.2) is 37.1 Å². The number of esters is 1. The van der Waals surface area contributed by atoms with E-state index in [0.29, 0.717) is 12.5 Å². The lowest BCUT2D eigenvalue weighted by atomic mass is 9.97. The van der Waals surface area contributed by atoms with Crippen molar-refractivity contribution in [1.29, 1.82) is 0 Å². The molecule has 0 aromatic heterocycles. The van der Waals surface area contributed by atoms with Gasteiger partial charge in [0, 0.05) is 19.6 Å². The van der Waals surface area contributed by atoms with Crippen molar-refractivity contribution >= 4 is 5.97 Å². The van der Waals surface area contributed by atoms with E-state index in [9.17, 15) is 4.79 Å². The monoisotopic (exact) mass is 413 g/mol. The molecule has 0 aliphatic heterocycles. The van der Waals surface area contributed by atoms with Gasteiger partial charge in [0.25, 0.3) is 0 Å². The Hall–Kier alpha value is -1.87. The second-order valence-corrected chi connectivity index (χ2v) is 8.41. The number of rotatable bonds is 15. The molecule has 0 radical (unpaired) electrons. The lowest BCUT2D eigenvalue weighted by Gasteiger charge is -2.21. The van der Waals surface area contributed by atoms with E-state index < -0.39 is 0 Å². The highest BCUT2D eigenvalue weighted by Crippen LogP contribution is 2.19. The van der Waals surface area contributed by atoms with E-state index in [-0.39, 0.29) is 11.9 Å². The number of carbonyl (C=O) groups excluding carboxylic acids is 1. The molecule has 168 valence electrons. The molecule has 3 nitrogen and oxygen atoms in total. The molecule has 30 heavy (non-hydrogen) atoms. The van der Waals surface area contributed by atoms with Crippen LogP contribution in [0.3, 0.4) is 0 Å². The fraction of sp³-hybridized carbons (Fsp3) is 0.593. The van der Waals surface area contributed by atoms with Crippen LogP contribution in [0.4, 0.5) is 0 Å². The zero-order valence-corrected chi connectivity index (χ0v) is 19.9. The molecule has 0 spiro atoms. The SMILES string of the molecule is CCC=CCCN(CCC=CCC)CCOC(=O)[C@H](C)c1ccc(CC(C)C)cc1. The Morgan fingerprint density at radius 3 is 1.97 bits per heavy atom. The fourth-order valence-electron chi connectivity index (χ4n) is 3.37. The van der Waals surface area contributed by atoms with Gasteiger partial charge in [-0.15, -0.1) is 0 Å². The lowest BCUT2D eigenvalue weighted by Crippen LogP contribution is -2.30. The third-order valence-corrected chi connectivity index (χ3v) is 5.16. The van der Waals surface area contributed by atoms with Crippen molar-refractivity contribution in [3.05, 3.63) is 59.7 Å². The zero-order valence-electron chi connectivity index (χ0n) is 19.9. The van der Waals surface area contributed by atoms with Gasteiger partial charge in [0.15, 0.2) is 0 Å². The van der Waals surface area contributed by atoms with Crippen LogP contribution >= 0.6 is 0 Å². The highest BCUT2D eigenvalue weighted by Gasteiger charge is 2.17. The topological polar surface area (TPSA) is 29.5 Å². The van der Waals surface area contributed by atoms with Crippen LogP contribution in [0.2, 0.25) is 0 Å². The minimum Gasteiger partial charge on any atom is -0.464 e. The molecular weight excluding hydrogens is 370 g/mol. The predicted molar refractivity (Wildman–Crippen MR) is 129 cm³/mol. The molecule has 1 aromatic rings. The van der Waals surface area contributed by atoms with Crippen molar-refractivity contribution < 1.29 is 9.53 Å². The molecule has 1 rings (SSSR count). The number of allylic oxidation sites excluding steroid dienone is 2. The van der Waals surface area contributed by atoms with Gasteiger partial charge in [-0.3, -0.25) is 9.69 Å². The van der Waals surface area contributed by atoms with Gasteiger partial charge in [-0.2, -0.15) is 0 Å². The van der Waals surface area contributed by atoms with E-state index in [4.69, 9.17) is 4.74 Å². The average molecular weight is 414 g/mol. The molecule has 0 amide bonds. The highest BCUT2D eigenvalue weighted by atomic mass is 16.5. The van der Waals surface area contributed by atoms with Gasteiger partial charge in [0.1, 0.15) is 6.61 Å². The first-order valence-electron chi connectivity index (χ1n) is 11.8. The molecule has 0 saturated heterocycles. The third-order valence-electron chi connectivity index (χ3n) is 5.16. The number of nitrogens with zero attached hydrogens (tertiary/aromatic N) is 1. The second kappa shape index (κ2) is 15.9. The predicted octanol–water partition coefficient (Wildman–Crippen LogP) is 6.55. The summed E-state index contributed by atoms with van der Waals surface area (Å²) in [6.45, 7) is 13.9. The normalized spacial score (nSPS) is 13.0. The molecule has 0 aliphatic rings. The molecule has 1 aromatic carbocycles. The molecule has 0 heterocycles. The molecular formula is C27H43NO2. The third kappa shape index (κ3) is 11.3. The van der Waals surface area contributed by atoms with Crippen LogP contribution in [0, 0.1) is 5.92 Å². The molecule has 3 heteroatoms. The summed E-state index contributed by atoms with van der Waals surface area (Å²) in [4.78, 5) is 14.9. The second-order valence-electron chi connectivity index (χ2n) is 8.41. The maximum absolute atomic E-state index is 12.5. The van der Waals surface area contributed by atoms with E-state index in [2.05, 4.69) is 81.2 Å². The molecule has 0 unspecified atom stereocenters.